The van der Waals surface area contributed by atoms with Crippen molar-refractivity contribution in [3.05, 3.63) is 70.7 Å². The van der Waals surface area contributed by atoms with Crippen LogP contribution in [0.4, 0.5) is 5.13 Å². The Balaban J connectivity index is 1.23. The van der Waals surface area contributed by atoms with Crippen LogP contribution in [-0.2, 0) is 4.79 Å². The molecule has 5 rings (SSSR count). The molecule has 0 bridgehead atoms. The maximum absolute atomic E-state index is 12.9. The van der Waals surface area contributed by atoms with Gasteiger partial charge in [-0.2, -0.15) is 4.98 Å². The number of halogens is 2. The van der Waals surface area contributed by atoms with Crippen molar-refractivity contribution >= 4 is 66.9 Å². The Labute approximate surface area is 208 Å². The van der Waals surface area contributed by atoms with Gasteiger partial charge in [-0.15, -0.1) is 0 Å². The van der Waals surface area contributed by atoms with Crippen LogP contribution in [0.25, 0.3) is 21.3 Å². The highest BCUT2D eigenvalue weighted by Gasteiger charge is 2.23. The summed E-state index contributed by atoms with van der Waals surface area (Å²) in [4.78, 5) is 23.2. The summed E-state index contributed by atoms with van der Waals surface area (Å²) in [5, 5.41) is 1.75. The average molecular weight is 514 g/mol. The summed E-state index contributed by atoms with van der Waals surface area (Å²) in [6.45, 7) is 1.69. The highest BCUT2D eigenvalue weighted by atomic mass is 35.5. The Morgan fingerprint density at radius 2 is 1.65 bits per heavy atom. The number of hydrogen-bond acceptors (Lipinski definition) is 7. The normalized spacial score (nSPS) is 12.1. The quantitative estimate of drug-likeness (QED) is 0.244. The first-order chi connectivity index (χ1) is 16.4. The van der Waals surface area contributed by atoms with E-state index in [0.29, 0.717) is 37.8 Å². The molecule has 3 aromatic carbocycles. The number of anilines is 1. The fraction of sp³-hybridized carbons (Fsp3) is 0.125. The summed E-state index contributed by atoms with van der Waals surface area (Å²) in [6, 6.07) is 17.4. The molecule has 0 spiro atoms. The van der Waals surface area contributed by atoms with E-state index in [9.17, 15) is 4.79 Å². The van der Waals surface area contributed by atoms with E-state index in [1.54, 1.807) is 62.5 Å². The van der Waals surface area contributed by atoms with Gasteiger partial charge in [-0.1, -0.05) is 34.5 Å². The molecular formula is C24H17Cl2N3O4S. The monoisotopic (exact) mass is 513 g/mol. The zero-order chi connectivity index (χ0) is 23.8. The number of amides is 1. The van der Waals surface area contributed by atoms with Gasteiger partial charge in [-0.05, 0) is 61.5 Å². The van der Waals surface area contributed by atoms with Crippen molar-refractivity contribution in [2.24, 2.45) is 0 Å². The molecule has 7 nitrogen and oxygen atoms in total. The highest BCUT2D eigenvalue weighted by molar-refractivity contribution is 7.22. The molecule has 1 atom stereocenters. The molecule has 5 aromatic rings. The Bertz CT molecular complexity index is 1500. The molecule has 2 aromatic heterocycles. The van der Waals surface area contributed by atoms with Crippen molar-refractivity contribution in [3.63, 3.8) is 0 Å². The van der Waals surface area contributed by atoms with E-state index in [2.05, 4.69) is 9.97 Å². The number of likely N-dealkylation sites (N-methyl/N-ethyl adjacent to an activating group) is 1. The topological polar surface area (TPSA) is 77.7 Å². The lowest BCUT2D eigenvalue weighted by Gasteiger charge is -2.20. The molecule has 2 heterocycles. The third-order valence-corrected chi connectivity index (χ3v) is 6.54. The van der Waals surface area contributed by atoms with E-state index in [4.69, 9.17) is 37.1 Å². The number of fused-ring (bicyclic) bond motifs is 2. The van der Waals surface area contributed by atoms with Crippen molar-refractivity contribution in [2.45, 2.75) is 13.0 Å². The smallest absolute Gasteiger partial charge is 0.400 e. The Morgan fingerprint density at radius 3 is 2.41 bits per heavy atom. The molecule has 0 saturated carbocycles. The minimum atomic E-state index is -0.728. The van der Waals surface area contributed by atoms with Crippen molar-refractivity contribution in [3.8, 4) is 17.6 Å². The van der Waals surface area contributed by atoms with Gasteiger partial charge < -0.3 is 13.9 Å². The summed E-state index contributed by atoms with van der Waals surface area (Å²) in [5.41, 5.74) is 1.97. The number of ether oxygens (including phenoxy) is 2. The van der Waals surface area contributed by atoms with Crippen LogP contribution in [-0.4, -0.2) is 29.0 Å². The number of oxazole rings is 1. The van der Waals surface area contributed by atoms with Gasteiger partial charge in [-0.25, -0.2) is 4.98 Å². The van der Waals surface area contributed by atoms with Gasteiger partial charge in [-0.3, -0.25) is 9.69 Å². The molecule has 0 N–H and O–H groups in total. The first kappa shape index (κ1) is 22.5. The third-order valence-electron chi connectivity index (χ3n) is 4.98. The van der Waals surface area contributed by atoms with Gasteiger partial charge in [0.15, 0.2) is 16.8 Å². The van der Waals surface area contributed by atoms with E-state index >= 15 is 0 Å². The summed E-state index contributed by atoms with van der Waals surface area (Å²) in [5.74, 6) is 0.798. The Hall–Kier alpha value is -3.33. The number of thiazole rings is 1. The average Bonchev–Trinajstić information content (AvgIpc) is 3.42. The number of rotatable bonds is 6. The van der Waals surface area contributed by atoms with Crippen molar-refractivity contribution in [1.82, 2.24) is 9.97 Å². The second kappa shape index (κ2) is 9.13. The molecular weight excluding hydrogens is 497 g/mol. The van der Waals surface area contributed by atoms with Crippen LogP contribution in [0.3, 0.4) is 0 Å². The second-order valence-electron chi connectivity index (χ2n) is 7.43. The van der Waals surface area contributed by atoms with Crippen molar-refractivity contribution in [1.29, 1.82) is 0 Å². The fourth-order valence-corrected chi connectivity index (χ4v) is 4.63. The van der Waals surface area contributed by atoms with E-state index in [-0.39, 0.29) is 12.0 Å². The molecule has 0 radical (unpaired) electrons. The summed E-state index contributed by atoms with van der Waals surface area (Å²) < 4.78 is 18.0. The van der Waals surface area contributed by atoms with E-state index < -0.39 is 6.10 Å². The number of aromatic nitrogens is 2. The first-order valence-corrected chi connectivity index (χ1v) is 11.8. The minimum Gasteiger partial charge on any atom is -0.481 e. The zero-order valence-electron chi connectivity index (χ0n) is 18.0. The number of hydrogen-bond donors (Lipinski definition) is 0. The highest BCUT2D eigenvalue weighted by Crippen LogP contribution is 2.31. The summed E-state index contributed by atoms with van der Waals surface area (Å²) >= 11 is 13.4. The molecule has 172 valence electrons. The lowest BCUT2D eigenvalue weighted by atomic mass is 10.3. The van der Waals surface area contributed by atoms with Gasteiger partial charge in [0, 0.05) is 23.2 Å². The van der Waals surface area contributed by atoms with Gasteiger partial charge in [0.05, 0.1) is 10.2 Å². The van der Waals surface area contributed by atoms with Crippen LogP contribution in [0, 0.1) is 0 Å². The molecule has 34 heavy (non-hydrogen) atoms. The van der Waals surface area contributed by atoms with Crippen LogP contribution in [0.5, 0.6) is 17.6 Å². The fourth-order valence-electron chi connectivity index (χ4n) is 3.26. The predicted molar refractivity (Wildman–Crippen MR) is 134 cm³/mol. The minimum absolute atomic E-state index is 0.105. The van der Waals surface area contributed by atoms with E-state index in [1.807, 2.05) is 12.1 Å². The molecule has 0 aliphatic heterocycles. The third kappa shape index (κ3) is 4.65. The van der Waals surface area contributed by atoms with Crippen molar-refractivity contribution < 1.29 is 18.7 Å². The SMILES string of the molecule is C[C@@H](Oc1ccc(Oc2nc3ccc(Cl)cc3o2)cc1)C(=O)N(C)c1nc2ccc(Cl)cc2s1. The molecule has 0 aliphatic carbocycles. The maximum atomic E-state index is 12.9. The van der Waals surface area contributed by atoms with E-state index in [0.717, 1.165) is 10.2 Å². The Kier molecular flexibility index (Phi) is 6.03. The molecule has 0 saturated heterocycles. The standard InChI is InChI=1S/C24H17Cl2N3O4S/c1-13(22(30)29(2)23-27-19-10-4-15(26)12-21(19)34-23)31-16-5-7-17(8-6-16)32-24-28-18-9-3-14(25)11-20(18)33-24/h3-13H,1-2H3/t13-/m1/s1. The first-order valence-electron chi connectivity index (χ1n) is 10.2. The van der Waals surface area contributed by atoms with Crippen LogP contribution in [0.1, 0.15) is 6.92 Å². The number of carbonyl (C=O) groups excluding carboxylic acids is 1. The van der Waals surface area contributed by atoms with Crippen LogP contribution < -0.4 is 14.4 Å². The largest absolute Gasteiger partial charge is 0.481 e. The number of benzene rings is 3. The second-order valence-corrected chi connectivity index (χ2v) is 9.31. The predicted octanol–water partition coefficient (Wildman–Crippen LogP) is 6.97. The lowest BCUT2D eigenvalue weighted by Crippen LogP contribution is -2.37. The molecule has 1 amide bonds. The summed E-state index contributed by atoms with van der Waals surface area (Å²) in [7, 11) is 1.67. The number of nitrogens with zero attached hydrogens (tertiary/aromatic N) is 3. The Morgan fingerprint density at radius 1 is 0.971 bits per heavy atom. The zero-order valence-corrected chi connectivity index (χ0v) is 20.3. The van der Waals surface area contributed by atoms with Crippen LogP contribution in [0.2, 0.25) is 10.0 Å². The van der Waals surface area contributed by atoms with Gasteiger partial charge >= 0.3 is 6.08 Å². The van der Waals surface area contributed by atoms with Gasteiger partial charge in [0.2, 0.25) is 0 Å². The summed E-state index contributed by atoms with van der Waals surface area (Å²) in [6.07, 6.45) is -0.623. The lowest BCUT2D eigenvalue weighted by molar-refractivity contribution is -0.124. The van der Waals surface area contributed by atoms with Crippen molar-refractivity contribution in [2.75, 3.05) is 11.9 Å². The van der Waals surface area contributed by atoms with Crippen LogP contribution >= 0.6 is 34.5 Å². The van der Waals surface area contributed by atoms with E-state index in [1.165, 1.54) is 16.2 Å². The number of carbonyl (C=O) groups is 1. The van der Waals surface area contributed by atoms with Gasteiger partial charge in [0.25, 0.3) is 5.91 Å². The molecule has 10 heteroatoms. The maximum Gasteiger partial charge on any atom is 0.400 e. The molecule has 0 unspecified atom stereocenters. The van der Waals surface area contributed by atoms with Gasteiger partial charge in [0.1, 0.15) is 17.0 Å². The molecule has 0 fully saturated rings. The van der Waals surface area contributed by atoms with Crippen LogP contribution in [0.15, 0.2) is 65.1 Å². The molecule has 0 aliphatic rings.